The Labute approximate surface area is 275 Å². The number of nitriles is 2. The second-order valence-corrected chi connectivity index (χ2v) is 12.8. The van der Waals surface area contributed by atoms with Gasteiger partial charge in [-0.25, -0.2) is 0 Å². The van der Waals surface area contributed by atoms with Gasteiger partial charge in [0.15, 0.2) is 11.2 Å². The first-order chi connectivity index (χ1) is 23.0. The Morgan fingerprint density at radius 2 is 1.21 bits per heavy atom. The van der Waals surface area contributed by atoms with Crippen LogP contribution in [-0.2, 0) is 16.0 Å². The van der Waals surface area contributed by atoms with Crippen LogP contribution in [0.2, 0.25) is 0 Å². The average molecular weight is 655 g/mol. The number of aryl methyl sites for hydroxylation is 2. The van der Waals surface area contributed by atoms with Gasteiger partial charge < -0.3 is 19.7 Å². The number of ether oxygens (including phenoxy) is 2. The van der Waals surface area contributed by atoms with Crippen LogP contribution in [0.3, 0.4) is 0 Å². The van der Waals surface area contributed by atoms with Crippen LogP contribution in [0.15, 0.2) is 60.7 Å². The molecule has 12 heteroatoms. The Balaban J connectivity index is 0.000000156. The summed E-state index contributed by atoms with van der Waals surface area (Å²) in [4.78, 5) is 12.4. The normalized spacial score (nSPS) is 18.0. The second-order valence-electron chi connectivity index (χ2n) is 12.8. The maximum Gasteiger partial charge on any atom is 0.471 e. The lowest BCUT2D eigenvalue weighted by atomic mass is 9.86. The van der Waals surface area contributed by atoms with E-state index >= 15 is 0 Å². The smallest absolute Gasteiger partial charge is 0.471 e. The summed E-state index contributed by atoms with van der Waals surface area (Å²) in [7, 11) is 0. The summed E-state index contributed by atoms with van der Waals surface area (Å²) < 4.78 is 54.8. The fourth-order valence-electron chi connectivity index (χ4n) is 7.38. The number of nitrogens with zero attached hydrogens (tertiary/aromatic N) is 5. The number of alkyl halides is 3. The third kappa shape index (κ3) is 5.08. The van der Waals surface area contributed by atoms with Gasteiger partial charge in [-0.3, -0.25) is 13.9 Å². The number of piperidine rings is 2. The van der Waals surface area contributed by atoms with E-state index in [-0.39, 0.29) is 31.5 Å². The number of hydrogen-bond donors (Lipinski definition) is 1. The van der Waals surface area contributed by atoms with E-state index in [0.29, 0.717) is 17.1 Å². The van der Waals surface area contributed by atoms with E-state index in [1.165, 1.54) is 5.56 Å². The van der Waals surface area contributed by atoms with E-state index in [2.05, 4.69) is 41.1 Å². The van der Waals surface area contributed by atoms with Gasteiger partial charge in [0.05, 0.1) is 22.8 Å². The number of hydrogen-bond acceptors (Lipinski definition) is 6. The monoisotopic (exact) mass is 654 g/mol. The number of fused-ring (bicyclic) bond motifs is 8. The Hall–Kier alpha value is -5.20. The molecular weight excluding hydrogens is 621 g/mol. The van der Waals surface area contributed by atoms with Crippen molar-refractivity contribution in [3.8, 4) is 35.0 Å². The molecule has 1 amide bonds. The maximum absolute atomic E-state index is 12.7. The molecule has 0 aliphatic carbocycles. The Morgan fingerprint density at radius 3 is 1.65 bits per heavy atom. The fraction of sp³-hybridized carbons (Fsp3) is 0.361. The van der Waals surface area contributed by atoms with Crippen LogP contribution in [0.1, 0.15) is 59.6 Å². The predicted octanol–water partition coefficient (Wildman–Crippen LogP) is 6.06. The Bertz CT molecular complexity index is 2000. The van der Waals surface area contributed by atoms with Gasteiger partial charge in [0.1, 0.15) is 35.0 Å². The van der Waals surface area contributed by atoms with Crippen molar-refractivity contribution in [1.82, 2.24) is 19.4 Å². The highest BCUT2D eigenvalue weighted by molar-refractivity contribution is 5.82. The molecule has 246 valence electrons. The average Bonchev–Trinajstić information content (AvgIpc) is 3.71. The van der Waals surface area contributed by atoms with E-state index in [9.17, 15) is 28.5 Å². The largest absolute Gasteiger partial charge is 0.479 e. The van der Waals surface area contributed by atoms with Crippen LogP contribution in [0.5, 0.6) is 11.5 Å². The summed E-state index contributed by atoms with van der Waals surface area (Å²) in [6, 6.07) is 23.7. The van der Waals surface area contributed by atoms with Crippen molar-refractivity contribution >= 4 is 5.91 Å². The first kappa shape index (κ1) is 31.4. The Morgan fingerprint density at radius 1 is 0.750 bits per heavy atom. The predicted molar refractivity (Wildman–Crippen MR) is 169 cm³/mol. The molecule has 0 unspecified atom stereocenters. The molecule has 48 heavy (non-hydrogen) atoms. The topological polar surface area (TPSA) is 108 Å². The molecule has 8 rings (SSSR count). The van der Waals surface area contributed by atoms with E-state index in [0.717, 1.165) is 64.9 Å². The van der Waals surface area contributed by atoms with Crippen molar-refractivity contribution in [2.45, 2.75) is 56.9 Å². The fourth-order valence-corrected chi connectivity index (χ4v) is 7.38. The molecule has 9 nitrogen and oxygen atoms in total. The van der Waals surface area contributed by atoms with Gasteiger partial charge in [0.25, 0.3) is 0 Å². The van der Waals surface area contributed by atoms with Crippen molar-refractivity contribution in [3.63, 3.8) is 0 Å². The summed E-state index contributed by atoms with van der Waals surface area (Å²) in [5.41, 5.74) is 5.64. The number of nitrogens with one attached hydrogen (secondary N) is 1. The van der Waals surface area contributed by atoms with Gasteiger partial charge in [-0.1, -0.05) is 12.1 Å². The quantitative estimate of drug-likeness (QED) is 0.247. The lowest BCUT2D eigenvalue weighted by Crippen LogP contribution is -2.52. The van der Waals surface area contributed by atoms with Crippen molar-refractivity contribution in [2.24, 2.45) is 0 Å². The zero-order valence-electron chi connectivity index (χ0n) is 26.5. The minimum atomic E-state index is -4.88. The van der Waals surface area contributed by atoms with Crippen LogP contribution < -0.4 is 14.8 Å². The molecule has 0 atom stereocenters. The molecular formula is C36H33F3N6O3. The standard InChI is InChI=1S/C19H16F3N3O2.C17H17N3O/c1-12-2-4-14-15(10-12)27-18(16-5-3-13(11-23)25(14)16)6-8-24(9-7-18)17(26)19(20,21)22;1-12-2-4-14-15(10-12)21-17(6-8-19-9-7-17)16-5-3-13(11-18)20(14)16/h2-5,10H,6-9H2,1H3;2-5,10,19H,6-9H2,1H3. The highest BCUT2D eigenvalue weighted by Gasteiger charge is 2.49. The molecule has 4 aromatic rings. The van der Waals surface area contributed by atoms with E-state index in [1.807, 2.05) is 43.3 Å². The van der Waals surface area contributed by atoms with Gasteiger partial charge in [-0.2, -0.15) is 23.7 Å². The molecule has 4 aliphatic rings. The third-order valence-corrected chi connectivity index (χ3v) is 9.76. The van der Waals surface area contributed by atoms with Crippen LogP contribution in [-0.4, -0.2) is 52.3 Å². The Kier molecular flexibility index (Phi) is 7.52. The molecule has 1 N–H and O–H groups in total. The molecule has 2 aromatic carbocycles. The number of halogens is 3. The van der Waals surface area contributed by atoms with Gasteiger partial charge >= 0.3 is 12.1 Å². The summed E-state index contributed by atoms with van der Waals surface area (Å²) in [6.45, 7) is 5.73. The molecule has 2 fully saturated rings. The maximum atomic E-state index is 12.7. The lowest BCUT2D eigenvalue weighted by Gasteiger charge is -2.45. The lowest BCUT2D eigenvalue weighted by molar-refractivity contribution is -0.188. The molecule has 2 spiro atoms. The highest BCUT2D eigenvalue weighted by atomic mass is 19.4. The highest BCUT2D eigenvalue weighted by Crippen LogP contribution is 2.47. The first-order valence-electron chi connectivity index (χ1n) is 15.9. The van der Waals surface area contributed by atoms with Gasteiger partial charge in [-0.05, 0) is 86.6 Å². The number of aromatic nitrogens is 2. The number of rotatable bonds is 0. The number of carbonyl (C=O) groups excluding carboxylic acids is 1. The van der Waals surface area contributed by atoms with Gasteiger partial charge in [0, 0.05) is 38.8 Å². The van der Waals surface area contributed by atoms with E-state index in [4.69, 9.17) is 9.47 Å². The van der Waals surface area contributed by atoms with Crippen LogP contribution >= 0.6 is 0 Å². The van der Waals surface area contributed by atoms with E-state index < -0.39 is 17.7 Å². The minimum absolute atomic E-state index is 0.0629. The van der Waals surface area contributed by atoms with Crippen LogP contribution in [0, 0.1) is 36.5 Å². The zero-order chi connectivity index (χ0) is 33.8. The number of benzene rings is 2. The second kappa shape index (κ2) is 11.5. The number of amides is 1. The molecule has 4 aliphatic heterocycles. The summed E-state index contributed by atoms with van der Waals surface area (Å²) in [5, 5.41) is 22.3. The summed E-state index contributed by atoms with van der Waals surface area (Å²) >= 11 is 0. The van der Waals surface area contributed by atoms with Crippen LogP contribution in [0.4, 0.5) is 13.2 Å². The number of carbonyl (C=O) groups is 1. The molecule has 0 radical (unpaired) electrons. The van der Waals surface area contributed by atoms with E-state index in [1.54, 1.807) is 16.7 Å². The van der Waals surface area contributed by atoms with Crippen molar-refractivity contribution < 1.29 is 27.4 Å². The van der Waals surface area contributed by atoms with Crippen molar-refractivity contribution in [2.75, 3.05) is 26.2 Å². The summed E-state index contributed by atoms with van der Waals surface area (Å²) in [6.07, 6.45) is -2.59. The molecule has 2 aromatic heterocycles. The molecule has 0 bridgehead atoms. The first-order valence-corrected chi connectivity index (χ1v) is 15.9. The third-order valence-electron chi connectivity index (χ3n) is 9.76. The number of likely N-dealkylation sites (tertiary alicyclic amines) is 1. The van der Waals surface area contributed by atoms with Gasteiger partial charge in [0.2, 0.25) is 0 Å². The molecule has 0 saturated carbocycles. The minimum Gasteiger partial charge on any atom is -0.479 e. The molecule has 6 heterocycles. The van der Waals surface area contributed by atoms with Crippen LogP contribution in [0.25, 0.3) is 11.4 Å². The zero-order valence-corrected chi connectivity index (χ0v) is 26.5. The van der Waals surface area contributed by atoms with Crippen molar-refractivity contribution in [3.05, 3.63) is 94.6 Å². The summed E-state index contributed by atoms with van der Waals surface area (Å²) in [5.74, 6) is -0.347. The van der Waals surface area contributed by atoms with Gasteiger partial charge in [-0.15, -0.1) is 0 Å². The molecule has 2 saturated heterocycles. The van der Waals surface area contributed by atoms with Crippen molar-refractivity contribution in [1.29, 1.82) is 10.5 Å². The SMILES string of the molecule is Cc1ccc2c(c1)OC1(CCN(C(=O)C(F)(F)F)CC1)c1ccc(C#N)n1-2.Cc1ccc2c(c1)OC1(CCNCC1)c1ccc(C#N)n1-2.